The summed E-state index contributed by atoms with van der Waals surface area (Å²) < 4.78 is 38.9. The van der Waals surface area contributed by atoms with Crippen molar-refractivity contribution in [3.63, 3.8) is 0 Å². The van der Waals surface area contributed by atoms with Gasteiger partial charge in [0.2, 0.25) is 0 Å². The number of benzene rings is 3. The van der Waals surface area contributed by atoms with Gasteiger partial charge in [0.25, 0.3) is 21.6 Å². The fraction of sp³-hybridized carbons (Fsp3) is 0.174. The molecule has 0 atom stereocenters. The number of nitro benzene ring substituents is 1. The molecular formula is C23H21N3O7S. The summed E-state index contributed by atoms with van der Waals surface area (Å²) in [5, 5.41) is 13.9. The molecule has 0 bridgehead atoms. The molecule has 1 heterocycles. The van der Waals surface area contributed by atoms with Gasteiger partial charge in [0.05, 0.1) is 23.0 Å². The van der Waals surface area contributed by atoms with Gasteiger partial charge in [-0.05, 0) is 49.4 Å². The quantitative estimate of drug-likeness (QED) is 0.397. The Morgan fingerprint density at radius 3 is 2.32 bits per heavy atom. The second-order valence-electron chi connectivity index (χ2n) is 7.55. The first-order valence-electron chi connectivity index (χ1n) is 10.3. The summed E-state index contributed by atoms with van der Waals surface area (Å²) in [6.07, 6.45) is 0.771. The van der Waals surface area contributed by atoms with E-state index in [2.05, 4.69) is 10.0 Å². The topological polar surface area (TPSA) is 137 Å². The minimum atomic E-state index is -4.06. The summed E-state index contributed by atoms with van der Waals surface area (Å²) in [6.45, 7) is 2.62. The van der Waals surface area contributed by atoms with Crippen LogP contribution in [0.25, 0.3) is 0 Å². The number of carbonyl (C=O) groups excluding carboxylic acids is 1. The minimum absolute atomic E-state index is 0.204. The van der Waals surface area contributed by atoms with Gasteiger partial charge in [-0.1, -0.05) is 6.07 Å². The van der Waals surface area contributed by atoms with E-state index in [0.29, 0.717) is 41.5 Å². The Hall–Kier alpha value is -4.12. The summed E-state index contributed by atoms with van der Waals surface area (Å²) in [6, 6.07) is 14.6. The SMILES string of the molecule is Cc1ccc(S(=O)(=O)Nc2ccc(C(=O)Nc3ccc4c(c3)OCCCO4)cc2)cc1[N+](=O)[O-]. The van der Waals surface area contributed by atoms with Gasteiger partial charge in [0.1, 0.15) is 0 Å². The van der Waals surface area contributed by atoms with E-state index in [4.69, 9.17) is 9.47 Å². The van der Waals surface area contributed by atoms with Crippen LogP contribution in [0, 0.1) is 17.0 Å². The second-order valence-corrected chi connectivity index (χ2v) is 9.24. The van der Waals surface area contributed by atoms with E-state index >= 15 is 0 Å². The monoisotopic (exact) mass is 483 g/mol. The highest BCUT2D eigenvalue weighted by Crippen LogP contribution is 2.32. The molecule has 0 aliphatic carbocycles. The number of sulfonamides is 1. The number of hydrogen-bond donors (Lipinski definition) is 2. The average Bonchev–Trinajstić information content (AvgIpc) is 3.04. The summed E-state index contributed by atoms with van der Waals surface area (Å²) in [4.78, 5) is 22.9. The number of hydrogen-bond acceptors (Lipinski definition) is 7. The van der Waals surface area contributed by atoms with Gasteiger partial charge < -0.3 is 14.8 Å². The van der Waals surface area contributed by atoms with Gasteiger partial charge in [-0.25, -0.2) is 8.42 Å². The lowest BCUT2D eigenvalue weighted by atomic mass is 10.2. The van der Waals surface area contributed by atoms with Gasteiger partial charge in [0.15, 0.2) is 11.5 Å². The van der Waals surface area contributed by atoms with Gasteiger partial charge in [-0.15, -0.1) is 0 Å². The van der Waals surface area contributed by atoms with Crippen LogP contribution in [0.2, 0.25) is 0 Å². The van der Waals surface area contributed by atoms with E-state index in [1.54, 1.807) is 18.2 Å². The van der Waals surface area contributed by atoms with Crippen LogP contribution in [0.3, 0.4) is 0 Å². The molecular weight excluding hydrogens is 462 g/mol. The first-order valence-corrected chi connectivity index (χ1v) is 11.8. The maximum atomic E-state index is 12.7. The molecule has 0 spiro atoms. The Bertz CT molecular complexity index is 1360. The third-order valence-electron chi connectivity index (χ3n) is 5.09. The van der Waals surface area contributed by atoms with Crippen molar-refractivity contribution in [3.8, 4) is 11.5 Å². The fourth-order valence-corrected chi connectivity index (χ4v) is 4.38. The van der Waals surface area contributed by atoms with Crippen LogP contribution in [0.5, 0.6) is 11.5 Å². The first-order chi connectivity index (χ1) is 16.2. The van der Waals surface area contributed by atoms with Crippen LogP contribution in [-0.2, 0) is 10.0 Å². The zero-order valence-electron chi connectivity index (χ0n) is 18.1. The van der Waals surface area contributed by atoms with Crippen LogP contribution in [-0.4, -0.2) is 32.5 Å². The lowest BCUT2D eigenvalue weighted by Crippen LogP contribution is -2.14. The minimum Gasteiger partial charge on any atom is -0.490 e. The standard InChI is InChI=1S/C23H21N3O7S/c1-15-3-9-19(14-20(15)26(28)29)34(30,31)25-17-6-4-16(5-7-17)23(27)24-18-8-10-21-22(13-18)33-12-2-11-32-21/h3-10,13-14,25H,2,11-12H2,1H3,(H,24,27). The van der Waals surface area contributed by atoms with Crippen molar-refractivity contribution in [2.75, 3.05) is 23.3 Å². The second kappa shape index (κ2) is 9.40. The Balaban J connectivity index is 1.46. The van der Waals surface area contributed by atoms with E-state index in [1.165, 1.54) is 43.3 Å². The van der Waals surface area contributed by atoms with Crippen molar-refractivity contribution in [3.05, 3.63) is 81.9 Å². The molecule has 2 N–H and O–H groups in total. The third-order valence-corrected chi connectivity index (χ3v) is 6.47. The molecule has 3 aromatic carbocycles. The predicted octanol–water partition coefficient (Wildman–Crippen LogP) is 4.12. The molecule has 1 amide bonds. The molecule has 3 aromatic rings. The molecule has 0 aromatic heterocycles. The number of rotatable bonds is 6. The molecule has 34 heavy (non-hydrogen) atoms. The summed E-state index contributed by atoms with van der Waals surface area (Å²) in [7, 11) is -4.06. The van der Waals surface area contributed by atoms with E-state index in [9.17, 15) is 23.3 Å². The molecule has 0 saturated carbocycles. The van der Waals surface area contributed by atoms with Crippen LogP contribution < -0.4 is 19.5 Å². The largest absolute Gasteiger partial charge is 0.490 e. The van der Waals surface area contributed by atoms with E-state index in [-0.39, 0.29) is 16.3 Å². The smallest absolute Gasteiger partial charge is 0.273 e. The number of amides is 1. The fourth-order valence-electron chi connectivity index (χ4n) is 3.30. The number of nitrogens with zero attached hydrogens (tertiary/aromatic N) is 1. The molecule has 0 fully saturated rings. The van der Waals surface area contributed by atoms with Gasteiger partial charge >= 0.3 is 0 Å². The molecule has 11 heteroatoms. The van der Waals surface area contributed by atoms with Crippen molar-refractivity contribution in [1.82, 2.24) is 0 Å². The van der Waals surface area contributed by atoms with Crippen LogP contribution in [0.4, 0.5) is 17.1 Å². The Kier molecular flexibility index (Phi) is 6.37. The number of carbonyl (C=O) groups is 1. The molecule has 0 unspecified atom stereocenters. The van der Waals surface area contributed by atoms with Crippen molar-refractivity contribution < 1.29 is 27.6 Å². The Labute approximate surface area is 195 Å². The lowest BCUT2D eigenvalue weighted by Gasteiger charge is -2.11. The Morgan fingerprint density at radius 2 is 1.62 bits per heavy atom. The predicted molar refractivity (Wildman–Crippen MR) is 125 cm³/mol. The van der Waals surface area contributed by atoms with E-state index in [0.717, 1.165) is 12.5 Å². The highest BCUT2D eigenvalue weighted by Gasteiger charge is 2.20. The van der Waals surface area contributed by atoms with Gasteiger partial charge in [0, 0.05) is 41.1 Å². The molecule has 1 aliphatic heterocycles. The maximum Gasteiger partial charge on any atom is 0.273 e. The van der Waals surface area contributed by atoms with Gasteiger partial charge in [-0.3, -0.25) is 19.6 Å². The summed E-state index contributed by atoms with van der Waals surface area (Å²) in [5.41, 5.74) is 1.11. The van der Waals surface area contributed by atoms with Crippen molar-refractivity contribution in [2.24, 2.45) is 0 Å². The van der Waals surface area contributed by atoms with E-state index < -0.39 is 20.9 Å². The first kappa shape index (κ1) is 23.1. The number of anilines is 2. The maximum absolute atomic E-state index is 12.7. The number of fused-ring (bicyclic) bond motifs is 1. The molecule has 1 aliphatic rings. The summed E-state index contributed by atoms with van der Waals surface area (Å²) in [5.74, 6) is 0.778. The van der Waals surface area contributed by atoms with E-state index in [1.807, 2.05) is 0 Å². The molecule has 10 nitrogen and oxygen atoms in total. The van der Waals surface area contributed by atoms with Crippen molar-refractivity contribution in [1.29, 1.82) is 0 Å². The third kappa shape index (κ3) is 5.09. The highest BCUT2D eigenvalue weighted by atomic mass is 32.2. The molecule has 4 rings (SSSR count). The number of nitrogens with one attached hydrogen (secondary N) is 2. The van der Waals surface area contributed by atoms with Crippen molar-refractivity contribution >= 4 is 33.0 Å². The normalized spacial score (nSPS) is 13.0. The zero-order chi connectivity index (χ0) is 24.3. The molecule has 0 saturated heterocycles. The number of aryl methyl sites for hydroxylation is 1. The summed E-state index contributed by atoms with van der Waals surface area (Å²) >= 11 is 0. The lowest BCUT2D eigenvalue weighted by molar-refractivity contribution is -0.385. The van der Waals surface area contributed by atoms with Crippen LogP contribution >= 0.6 is 0 Å². The van der Waals surface area contributed by atoms with Crippen molar-refractivity contribution in [2.45, 2.75) is 18.2 Å². The Morgan fingerprint density at radius 1 is 0.941 bits per heavy atom. The highest BCUT2D eigenvalue weighted by molar-refractivity contribution is 7.92. The van der Waals surface area contributed by atoms with Crippen LogP contribution in [0.1, 0.15) is 22.3 Å². The molecule has 176 valence electrons. The van der Waals surface area contributed by atoms with Gasteiger partial charge in [-0.2, -0.15) is 0 Å². The molecule has 0 radical (unpaired) electrons. The zero-order valence-corrected chi connectivity index (χ0v) is 18.9. The average molecular weight is 484 g/mol. The van der Waals surface area contributed by atoms with Crippen LogP contribution in [0.15, 0.2) is 65.6 Å². The number of nitro groups is 1. The number of ether oxygens (including phenoxy) is 2.